The summed E-state index contributed by atoms with van der Waals surface area (Å²) in [7, 11) is 0. The van der Waals surface area contributed by atoms with Crippen molar-refractivity contribution in [2.45, 2.75) is 51.9 Å². The summed E-state index contributed by atoms with van der Waals surface area (Å²) < 4.78 is 5.59. The van der Waals surface area contributed by atoms with E-state index in [0.717, 1.165) is 75.8 Å². The van der Waals surface area contributed by atoms with Crippen LogP contribution in [0.25, 0.3) is 0 Å². The van der Waals surface area contributed by atoms with E-state index in [4.69, 9.17) is 4.52 Å². The number of rotatable bonds is 4. The van der Waals surface area contributed by atoms with Crippen molar-refractivity contribution in [3.63, 3.8) is 0 Å². The van der Waals surface area contributed by atoms with Gasteiger partial charge in [0.2, 0.25) is 5.89 Å². The number of halogens is 2. The Morgan fingerprint density at radius 2 is 2.04 bits per heavy atom. The topological polar surface area (TPSA) is 80.0 Å². The van der Waals surface area contributed by atoms with Gasteiger partial charge in [-0.3, -0.25) is 0 Å². The predicted octanol–water partition coefficient (Wildman–Crippen LogP) is 2.97. The Kier molecular flexibility index (Phi) is 8.46. The van der Waals surface area contributed by atoms with Crippen LogP contribution in [0.15, 0.2) is 10.9 Å². The largest absolute Gasteiger partial charge is 0.355 e. The van der Waals surface area contributed by atoms with Gasteiger partial charge in [0.1, 0.15) is 12.1 Å². The van der Waals surface area contributed by atoms with Crippen molar-refractivity contribution in [2.24, 2.45) is 5.92 Å². The lowest BCUT2D eigenvalue weighted by Crippen LogP contribution is -2.36. The molecule has 0 aromatic carbocycles. The Balaban J connectivity index is 0.00000140. The van der Waals surface area contributed by atoms with Gasteiger partial charge in [0.25, 0.3) is 0 Å². The third-order valence-electron chi connectivity index (χ3n) is 5.25. The summed E-state index contributed by atoms with van der Waals surface area (Å²) in [5, 5.41) is 7.63. The minimum Gasteiger partial charge on any atom is -0.355 e. The van der Waals surface area contributed by atoms with E-state index in [1.165, 1.54) is 11.3 Å². The first-order chi connectivity index (χ1) is 12.7. The zero-order chi connectivity index (χ0) is 17.9. The maximum absolute atomic E-state index is 5.59. The van der Waals surface area contributed by atoms with Crippen molar-refractivity contribution in [1.29, 1.82) is 0 Å². The molecule has 7 nitrogen and oxygen atoms in total. The van der Waals surface area contributed by atoms with E-state index in [0.29, 0.717) is 5.92 Å². The first-order valence-corrected chi connectivity index (χ1v) is 9.81. The Morgan fingerprint density at radius 3 is 2.86 bits per heavy atom. The summed E-state index contributed by atoms with van der Waals surface area (Å²) in [5.74, 6) is 3.53. The van der Waals surface area contributed by atoms with Crippen molar-refractivity contribution in [3.8, 4) is 0 Å². The van der Waals surface area contributed by atoms with Gasteiger partial charge < -0.3 is 14.7 Å². The molecule has 0 aliphatic carbocycles. The summed E-state index contributed by atoms with van der Waals surface area (Å²) in [6.07, 6.45) is 6.76. The predicted molar refractivity (Wildman–Crippen MR) is 114 cm³/mol. The van der Waals surface area contributed by atoms with E-state index in [-0.39, 0.29) is 30.7 Å². The molecule has 0 spiro atoms. The molecule has 156 valence electrons. The van der Waals surface area contributed by atoms with Crippen LogP contribution in [0.1, 0.15) is 55.6 Å². The number of hydrogen-bond acceptors (Lipinski definition) is 7. The van der Waals surface area contributed by atoms with Crippen molar-refractivity contribution in [1.82, 2.24) is 25.4 Å². The van der Waals surface area contributed by atoms with Crippen LogP contribution in [0.4, 0.5) is 5.82 Å². The van der Waals surface area contributed by atoms with Gasteiger partial charge in [0, 0.05) is 38.0 Å². The fraction of sp³-hybridized carbons (Fsp3) is 0.684. The second kappa shape index (κ2) is 10.4. The maximum Gasteiger partial charge on any atom is 0.231 e. The number of nitrogens with one attached hydrogen (secondary N) is 1. The lowest BCUT2D eigenvalue weighted by molar-refractivity contribution is 0.329. The highest BCUT2D eigenvalue weighted by atomic mass is 35.5. The molecule has 2 aromatic heterocycles. The highest BCUT2D eigenvalue weighted by molar-refractivity contribution is 5.85. The number of piperidine rings is 1. The van der Waals surface area contributed by atoms with Crippen LogP contribution in [0.3, 0.4) is 0 Å². The van der Waals surface area contributed by atoms with Crippen LogP contribution in [0.2, 0.25) is 0 Å². The van der Waals surface area contributed by atoms with Gasteiger partial charge in [-0.25, -0.2) is 9.97 Å². The Bertz CT molecular complexity index is 754. The monoisotopic (exact) mass is 428 g/mol. The Labute approximate surface area is 178 Å². The molecule has 4 heterocycles. The van der Waals surface area contributed by atoms with Crippen LogP contribution in [-0.2, 0) is 19.3 Å². The van der Waals surface area contributed by atoms with Crippen molar-refractivity contribution in [3.05, 3.63) is 29.3 Å². The molecule has 0 radical (unpaired) electrons. The molecular weight excluding hydrogens is 399 g/mol. The van der Waals surface area contributed by atoms with Crippen LogP contribution in [-0.4, -0.2) is 46.3 Å². The summed E-state index contributed by atoms with van der Waals surface area (Å²) in [5.41, 5.74) is 2.50. The average molecular weight is 429 g/mol. The lowest BCUT2D eigenvalue weighted by atomic mass is 9.97. The normalized spacial score (nSPS) is 19.4. The van der Waals surface area contributed by atoms with E-state index < -0.39 is 0 Å². The molecule has 9 heteroatoms. The zero-order valence-electron chi connectivity index (χ0n) is 16.6. The Morgan fingerprint density at radius 1 is 1.21 bits per heavy atom. The number of nitrogens with zero attached hydrogens (tertiary/aromatic N) is 5. The average Bonchev–Trinajstić information content (AvgIpc) is 2.96. The zero-order valence-corrected chi connectivity index (χ0v) is 18.2. The quantitative estimate of drug-likeness (QED) is 0.801. The molecule has 1 fully saturated rings. The standard InChI is InChI=1S/C19H28N6O.2ClH/c1-13(2)10-17-23-19(26-24-17)14-4-3-9-25(11-14)18-15-5-7-20-8-6-16(15)21-12-22-18;;/h12-14,20H,3-11H2,1-2H3;2*1H. The van der Waals surface area contributed by atoms with Gasteiger partial charge in [0.15, 0.2) is 5.82 Å². The molecule has 2 aliphatic rings. The SMILES string of the molecule is CC(C)Cc1noc(C2CCCN(c3ncnc4c3CCNCC4)C2)n1.Cl.Cl. The number of hydrogen-bond donors (Lipinski definition) is 1. The molecule has 0 bridgehead atoms. The van der Waals surface area contributed by atoms with E-state index in [1.807, 2.05) is 0 Å². The molecule has 1 saturated heterocycles. The molecule has 1 unspecified atom stereocenters. The summed E-state index contributed by atoms with van der Waals surface area (Å²) >= 11 is 0. The van der Waals surface area contributed by atoms with Gasteiger partial charge >= 0.3 is 0 Å². The minimum atomic E-state index is 0. The molecule has 0 amide bonds. The molecule has 28 heavy (non-hydrogen) atoms. The number of anilines is 1. The molecule has 0 saturated carbocycles. The summed E-state index contributed by atoms with van der Waals surface area (Å²) in [6, 6.07) is 0. The van der Waals surface area contributed by atoms with E-state index >= 15 is 0 Å². The Hall–Kier alpha value is -1.44. The summed E-state index contributed by atoms with van der Waals surface area (Å²) in [6.45, 7) is 8.25. The van der Waals surface area contributed by atoms with Crippen LogP contribution >= 0.6 is 24.8 Å². The van der Waals surface area contributed by atoms with Gasteiger partial charge in [-0.1, -0.05) is 19.0 Å². The molecule has 4 rings (SSSR count). The first-order valence-electron chi connectivity index (χ1n) is 9.81. The van der Waals surface area contributed by atoms with Crippen molar-refractivity contribution in [2.75, 3.05) is 31.1 Å². The fourth-order valence-corrected chi connectivity index (χ4v) is 3.98. The minimum absolute atomic E-state index is 0. The van der Waals surface area contributed by atoms with Gasteiger partial charge in [-0.05, 0) is 31.7 Å². The van der Waals surface area contributed by atoms with E-state index in [2.05, 4.69) is 44.2 Å². The van der Waals surface area contributed by atoms with Gasteiger partial charge in [-0.2, -0.15) is 4.98 Å². The van der Waals surface area contributed by atoms with Crippen molar-refractivity contribution < 1.29 is 4.52 Å². The van der Waals surface area contributed by atoms with Gasteiger partial charge in [-0.15, -0.1) is 24.8 Å². The second-order valence-corrected chi connectivity index (χ2v) is 7.80. The molecule has 1 atom stereocenters. The second-order valence-electron chi connectivity index (χ2n) is 7.80. The number of fused-ring (bicyclic) bond motifs is 1. The third-order valence-corrected chi connectivity index (χ3v) is 5.25. The highest BCUT2D eigenvalue weighted by Gasteiger charge is 2.29. The van der Waals surface area contributed by atoms with Gasteiger partial charge in [0.05, 0.1) is 11.6 Å². The van der Waals surface area contributed by atoms with E-state index in [1.54, 1.807) is 6.33 Å². The third kappa shape index (κ3) is 5.13. The number of aromatic nitrogens is 4. The van der Waals surface area contributed by atoms with E-state index in [9.17, 15) is 0 Å². The highest BCUT2D eigenvalue weighted by Crippen LogP contribution is 2.31. The summed E-state index contributed by atoms with van der Waals surface area (Å²) in [4.78, 5) is 16.2. The molecule has 1 N–H and O–H groups in total. The lowest BCUT2D eigenvalue weighted by Gasteiger charge is -2.33. The van der Waals surface area contributed by atoms with Crippen molar-refractivity contribution >= 4 is 30.6 Å². The molecular formula is C19H30Cl2N6O. The maximum atomic E-state index is 5.59. The fourth-order valence-electron chi connectivity index (χ4n) is 3.98. The molecule has 2 aromatic rings. The van der Waals surface area contributed by atoms with Crippen LogP contribution < -0.4 is 10.2 Å². The van der Waals surface area contributed by atoms with Crippen LogP contribution in [0, 0.1) is 5.92 Å². The smallest absolute Gasteiger partial charge is 0.231 e. The van der Waals surface area contributed by atoms with Crippen LogP contribution in [0.5, 0.6) is 0 Å². The molecule has 2 aliphatic heterocycles. The first kappa shape index (κ1) is 22.8.